The third-order valence-electron chi connectivity index (χ3n) is 3.31. The highest BCUT2D eigenvalue weighted by molar-refractivity contribution is 5.89. The van der Waals surface area contributed by atoms with Gasteiger partial charge in [0.15, 0.2) is 6.04 Å². The summed E-state index contributed by atoms with van der Waals surface area (Å²) in [5.41, 5.74) is 1.91. The Balaban J connectivity index is 2.13. The van der Waals surface area contributed by atoms with Gasteiger partial charge in [0.1, 0.15) is 0 Å². The minimum absolute atomic E-state index is 0.205. The Labute approximate surface area is 134 Å². The quantitative estimate of drug-likeness (QED) is 0.657. The second-order valence-corrected chi connectivity index (χ2v) is 4.93. The fourth-order valence-corrected chi connectivity index (χ4v) is 2.06. The van der Waals surface area contributed by atoms with Crippen LogP contribution in [0.25, 0.3) is 0 Å². The molecule has 0 fully saturated rings. The lowest BCUT2D eigenvalue weighted by Gasteiger charge is -2.10. The fraction of sp³-hybridized carbons (Fsp3) is 0.167. The van der Waals surface area contributed by atoms with Gasteiger partial charge in [0.25, 0.3) is 0 Å². The number of rotatable bonds is 6. The maximum absolute atomic E-state index is 11.9. The van der Waals surface area contributed by atoms with Crippen molar-refractivity contribution in [1.82, 2.24) is 0 Å². The van der Waals surface area contributed by atoms with Gasteiger partial charge in [-0.25, -0.2) is 9.59 Å². The average molecular weight is 311 g/mol. The molecule has 2 rings (SSSR count). The highest BCUT2D eigenvalue weighted by Gasteiger charge is 2.17. The summed E-state index contributed by atoms with van der Waals surface area (Å²) in [5, 5.41) is 8.87. The van der Waals surface area contributed by atoms with E-state index in [4.69, 9.17) is 9.84 Å². The number of nitrogens with zero attached hydrogens (tertiary/aromatic N) is 1. The molecule has 5 heteroatoms. The molecule has 0 aliphatic carbocycles. The number of aromatic carboxylic acids is 1. The van der Waals surface area contributed by atoms with Gasteiger partial charge >= 0.3 is 11.9 Å². The predicted molar refractivity (Wildman–Crippen MR) is 86.9 cm³/mol. The van der Waals surface area contributed by atoms with Crippen LogP contribution in [-0.2, 0) is 16.0 Å². The lowest BCUT2D eigenvalue weighted by molar-refractivity contribution is -0.142. The lowest BCUT2D eigenvalue weighted by atomic mass is 10.1. The van der Waals surface area contributed by atoms with E-state index in [0.29, 0.717) is 6.42 Å². The molecule has 0 saturated carbocycles. The first-order valence-corrected chi connectivity index (χ1v) is 7.08. The van der Waals surface area contributed by atoms with Crippen molar-refractivity contribution in [2.24, 2.45) is 4.99 Å². The molecule has 0 bridgehead atoms. The van der Waals surface area contributed by atoms with Gasteiger partial charge < -0.3 is 9.84 Å². The number of methoxy groups -OCH3 is 1. The third kappa shape index (κ3) is 4.78. The first-order chi connectivity index (χ1) is 11.1. The molecule has 0 aliphatic heterocycles. The molecule has 0 aliphatic rings. The van der Waals surface area contributed by atoms with E-state index in [2.05, 4.69) is 4.99 Å². The first kappa shape index (κ1) is 16.4. The number of ether oxygens (including phenoxy) is 1. The van der Waals surface area contributed by atoms with Crippen LogP contribution in [0, 0.1) is 0 Å². The van der Waals surface area contributed by atoms with Crippen molar-refractivity contribution < 1.29 is 19.4 Å². The number of carbonyl (C=O) groups excluding carboxylic acids is 1. The van der Waals surface area contributed by atoms with E-state index in [9.17, 15) is 9.59 Å². The Bertz CT molecular complexity index is 693. The Kier molecular flexibility index (Phi) is 5.63. The smallest absolute Gasteiger partial charge is 0.335 e. The molecule has 23 heavy (non-hydrogen) atoms. The maximum atomic E-state index is 11.9. The molecule has 1 unspecified atom stereocenters. The average Bonchev–Trinajstić information content (AvgIpc) is 2.59. The summed E-state index contributed by atoms with van der Waals surface area (Å²) < 4.78 is 4.79. The Morgan fingerprint density at radius 3 is 2.35 bits per heavy atom. The second-order valence-electron chi connectivity index (χ2n) is 4.93. The number of hydrogen-bond donors (Lipinski definition) is 1. The van der Waals surface area contributed by atoms with Crippen molar-refractivity contribution in [3.05, 3.63) is 71.3 Å². The molecule has 0 radical (unpaired) electrons. The second kappa shape index (κ2) is 7.89. The summed E-state index contributed by atoms with van der Waals surface area (Å²) in [6.45, 7) is 0. The molecule has 2 aromatic rings. The van der Waals surface area contributed by atoms with Crippen LogP contribution in [-0.4, -0.2) is 36.4 Å². The zero-order valence-electron chi connectivity index (χ0n) is 12.7. The number of carbonyl (C=O) groups is 2. The van der Waals surface area contributed by atoms with Crippen LogP contribution in [0.4, 0.5) is 0 Å². The number of hydrogen-bond acceptors (Lipinski definition) is 4. The minimum atomic E-state index is -0.981. The van der Waals surface area contributed by atoms with E-state index in [0.717, 1.165) is 11.1 Å². The standard InChI is InChI=1S/C18H17NO4/c1-23-18(22)16(11-13-5-3-2-4-6-13)19-12-14-7-9-15(10-8-14)17(20)21/h2-10,12,16H,11H2,1H3,(H,20,21). The van der Waals surface area contributed by atoms with Crippen molar-refractivity contribution in [3.63, 3.8) is 0 Å². The molecule has 1 N–H and O–H groups in total. The normalized spacial score (nSPS) is 12.0. The van der Waals surface area contributed by atoms with Gasteiger partial charge in [-0.2, -0.15) is 0 Å². The summed E-state index contributed by atoms with van der Waals surface area (Å²) in [7, 11) is 1.33. The van der Waals surface area contributed by atoms with Crippen LogP contribution in [0.15, 0.2) is 59.6 Å². The first-order valence-electron chi connectivity index (χ1n) is 7.08. The van der Waals surface area contributed by atoms with Gasteiger partial charge in [0.05, 0.1) is 12.7 Å². The van der Waals surface area contributed by atoms with Crippen LogP contribution in [0.3, 0.4) is 0 Å². The third-order valence-corrected chi connectivity index (χ3v) is 3.31. The summed E-state index contributed by atoms with van der Waals surface area (Å²) in [4.78, 5) is 27.0. The Hall–Kier alpha value is -2.95. The predicted octanol–water partition coefficient (Wildman–Crippen LogP) is 2.59. The molecule has 118 valence electrons. The molecule has 0 spiro atoms. The van der Waals surface area contributed by atoms with Crippen molar-refractivity contribution in [1.29, 1.82) is 0 Å². The van der Waals surface area contributed by atoms with Gasteiger partial charge in [-0.1, -0.05) is 42.5 Å². The van der Waals surface area contributed by atoms with E-state index in [-0.39, 0.29) is 5.56 Å². The number of esters is 1. The number of carboxylic acid groups (broad SMARTS) is 1. The van der Waals surface area contributed by atoms with Gasteiger partial charge in [-0.05, 0) is 23.3 Å². The number of benzene rings is 2. The van der Waals surface area contributed by atoms with E-state index >= 15 is 0 Å². The van der Waals surface area contributed by atoms with Gasteiger partial charge in [-0.3, -0.25) is 4.99 Å². The van der Waals surface area contributed by atoms with Crippen molar-refractivity contribution in [2.45, 2.75) is 12.5 Å². The van der Waals surface area contributed by atoms with Crippen LogP contribution < -0.4 is 0 Å². The van der Waals surface area contributed by atoms with Gasteiger partial charge in [0.2, 0.25) is 0 Å². The fourth-order valence-electron chi connectivity index (χ4n) is 2.06. The largest absolute Gasteiger partial charge is 0.478 e. The molecule has 0 amide bonds. The molecule has 2 aromatic carbocycles. The van der Waals surface area contributed by atoms with Crippen molar-refractivity contribution >= 4 is 18.2 Å². The molecular weight excluding hydrogens is 294 g/mol. The molecule has 0 heterocycles. The van der Waals surface area contributed by atoms with E-state index in [1.165, 1.54) is 19.2 Å². The maximum Gasteiger partial charge on any atom is 0.335 e. The van der Waals surface area contributed by atoms with E-state index in [1.807, 2.05) is 30.3 Å². The summed E-state index contributed by atoms with van der Waals surface area (Å²) in [5.74, 6) is -1.39. The molecular formula is C18H17NO4. The van der Waals surface area contributed by atoms with Crippen LogP contribution >= 0.6 is 0 Å². The summed E-state index contributed by atoms with van der Waals surface area (Å²) in [6.07, 6.45) is 1.99. The zero-order valence-corrected chi connectivity index (χ0v) is 12.7. The number of carboxylic acids is 1. The van der Waals surface area contributed by atoms with Gasteiger partial charge in [-0.15, -0.1) is 0 Å². The minimum Gasteiger partial charge on any atom is -0.478 e. The van der Waals surface area contributed by atoms with Crippen molar-refractivity contribution in [2.75, 3.05) is 7.11 Å². The SMILES string of the molecule is COC(=O)C(Cc1ccccc1)N=Cc1ccc(C(=O)O)cc1. The summed E-state index contributed by atoms with van der Waals surface area (Å²) in [6, 6.07) is 15.2. The molecule has 0 aromatic heterocycles. The Morgan fingerprint density at radius 2 is 1.78 bits per heavy atom. The van der Waals surface area contributed by atoms with Crippen LogP contribution in [0.5, 0.6) is 0 Å². The molecule has 0 saturated heterocycles. The molecule has 5 nitrogen and oxygen atoms in total. The lowest BCUT2D eigenvalue weighted by Crippen LogP contribution is -2.23. The van der Waals surface area contributed by atoms with Crippen LogP contribution in [0.1, 0.15) is 21.5 Å². The highest BCUT2D eigenvalue weighted by Crippen LogP contribution is 2.09. The Morgan fingerprint density at radius 1 is 1.13 bits per heavy atom. The topological polar surface area (TPSA) is 76.0 Å². The number of aliphatic imine (C=N–C) groups is 1. The van der Waals surface area contributed by atoms with Gasteiger partial charge in [0, 0.05) is 12.6 Å². The van der Waals surface area contributed by atoms with E-state index < -0.39 is 18.0 Å². The van der Waals surface area contributed by atoms with Crippen molar-refractivity contribution in [3.8, 4) is 0 Å². The van der Waals surface area contributed by atoms with E-state index in [1.54, 1.807) is 18.3 Å². The zero-order chi connectivity index (χ0) is 16.7. The monoisotopic (exact) mass is 311 g/mol. The molecule has 1 atom stereocenters. The highest BCUT2D eigenvalue weighted by atomic mass is 16.5. The summed E-state index contributed by atoms with van der Waals surface area (Å²) >= 11 is 0. The van der Waals surface area contributed by atoms with Crippen LogP contribution in [0.2, 0.25) is 0 Å².